The Morgan fingerprint density at radius 2 is 0.750 bits per heavy atom. The number of hydrogen-bond donors (Lipinski definition) is 0. The normalized spacial score (nSPS) is 4.50. The third-order valence-electron chi connectivity index (χ3n) is 0. The second-order valence-corrected chi connectivity index (χ2v) is 1.16. The topological polar surface area (TPSA) is 101 Å². The Morgan fingerprint density at radius 3 is 0.750 bits per heavy atom. The summed E-state index contributed by atoms with van der Waals surface area (Å²) in [5.74, 6) is 0. The fourth-order valence-corrected chi connectivity index (χ4v) is 0. The van der Waals surface area contributed by atoms with E-state index in [2.05, 4.69) is 0 Å². The van der Waals surface area contributed by atoms with Gasteiger partial charge in [-0.2, -0.15) is 0 Å². The van der Waals surface area contributed by atoms with E-state index in [0.29, 0.717) is 0 Å². The summed E-state index contributed by atoms with van der Waals surface area (Å²) in [5.41, 5.74) is 0. The molecule has 0 fully saturated rings. The molecule has 0 heterocycles. The number of rotatable bonds is 0. The van der Waals surface area contributed by atoms with Crippen LogP contribution in [0.4, 0.5) is 0 Å². The molecule has 0 aromatic rings. The Morgan fingerprint density at radius 1 is 0.750 bits per heavy atom. The fraction of sp³-hybridized carbons (Fsp3) is 0. The second kappa shape index (κ2) is 22.4. The Balaban J connectivity index is -0.00000000750. The van der Waals surface area contributed by atoms with E-state index in [0.717, 1.165) is 0 Å². The van der Waals surface area contributed by atoms with Crippen molar-refractivity contribution >= 4 is 15.7 Å². The molecule has 0 saturated heterocycles. The molecule has 8 heavy (non-hydrogen) atoms. The van der Waals surface area contributed by atoms with Crippen molar-refractivity contribution in [3.8, 4) is 0 Å². The van der Waals surface area contributed by atoms with Crippen LogP contribution < -0.4 is 101 Å². The maximum absolute atomic E-state index is 8.56. The van der Waals surface area contributed by atoms with Crippen LogP contribution in [0.5, 0.6) is 0 Å². The van der Waals surface area contributed by atoms with E-state index in [1.807, 2.05) is 0 Å². The third kappa shape index (κ3) is 57.4. The first-order valence-corrected chi connectivity index (χ1v) is 2.85. The van der Waals surface area contributed by atoms with Gasteiger partial charge in [0.1, 0.15) is 0 Å². The van der Waals surface area contributed by atoms with Crippen LogP contribution in [0.15, 0.2) is 0 Å². The molecule has 0 radical (unpaired) electrons. The molecule has 0 unspecified atom stereocenters. The molecular formula is H2AsNa3O4. The van der Waals surface area contributed by atoms with Gasteiger partial charge in [-0.25, -0.2) is 0 Å². The molecular weight excluding hydrogens is 208 g/mol. The van der Waals surface area contributed by atoms with E-state index >= 15 is 0 Å². The van der Waals surface area contributed by atoms with E-state index < -0.39 is 15.7 Å². The molecule has 0 atom stereocenters. The minimum absolute atomic E-state index is 0. The van der Waals surface area contributed by atoms with Crippen molar-refractivity contribution in [1.82, 2.24) is 0 Å². The van der Waals surface area contributed by atoms with E-state index in [1.165, 1.54) is 0 Å². The molecule has 0 aromatic carbocycles. The Labute approximate surface area is 120 Å². The van der Waals surface area contributed by atoms with E-state index in [1.54, 1.807) is 0 Å². The minimum atomic E-state index is -3.94. The van der Waals surface area contributed by atoms with Crippen LogP contribution in [0.3, 0.4) is 0 Å². The van der Waals surface area contributed by atoms with Crippen molar-refractivity contribution in [3.05, 3.63) is 0 Å². The van der Waals surface area contributed by atoms with Crippen molar-refractivity contribution in [2.45, 2.75) is 0 Å². The van der Waals surface area contributed by atoms with Gasteiger partial charge in [-0.05, 0) is 0 Å². The summed E-state index contributed by atoms with van der Waals surface area (Å²) >= 11 is -3.94. The first kappa shape index (κ1) is 30.1. The van der Waals surface area contributed by atoms with Crippen LogP contribution >= 0.6 is 0 Å². The van der Waals surface area contributed by atoms with Crippen molar-refractivity contribution in [1.29, 1.82) is 0 Å². The summed E-state index contributed by atoms with van der Waals surface area (Å²) in [6.45, 7) is 0. The summed E-state index contributed by atoms with van der Waals surface area (Å²) in [5, 5.41) is 0. The van der Waals surface area contributed by atoms with Crippen LogP contribution in [0.25, 0.3) is 0 Å². The fourth-order valence-electron chi connectivity index (χ4n) is 0. The maximum atomic E-state index is 8.56. The van der Waals surface area contributed by atoms with Crippen molar-refractivity contribution < 1.29 is 106 Å². The Hall–Kier alpha value is 3.40. The van der Waals surface area contributed by atoms with Gasteiger partial charge in [-0.3, -0.25) is 0 Å². The van der Waals surface area contributed by atoms with E-state index in [-0.39, 0.29) is 94.1 Å². The zero-order chi connectivity index (χ0) is 3.58. The Bertz CT molecular complexity index is 16.0. The first-order chi connectivity index (χ1) is 1.73. The van der Waals surface area contributed by atoms with Gasteiger partial charge in [0.05, 0.1) is 0 Å². The van der Waals surface area contributed by atoms with Crippen LogP contribution in [-0.2, 0) is 0 Å². The zero-order valence-corrected chi connectivity index (χ0v) is 13.0. The predicted molar refractivity (Wildman–Crippen MR) is 9.37 cm³/mol. The predicted octanol–water partition coefficient (Wildman–Crippen LogP) is -13.8. The summed E-state index contributed by atoms with van der Waals surface area (Å²) in [6.07, 6.45) is 0. The number of hydrogen-bond acceptors (Lipinski definition) is 3. The average Bonchev–Trinajstić information content (AvgIpc) is 0.811. The molecule has 0 spiro atoms. The summed E-state index contributed by atoms with van der Waals surface area (Å²) in [7, 11) is 0. The molecule has 0 rings (SSSR count). The van der Waals surface area contributed by atoms with Gasteiger partial charge in [-0.15, -0.1) is 0 Å². The van der Waals surface area contributed by atoms with Gasteiger partial charge >= 0.3 is 117 Å². The van der Waals surface area contributed by atoms with Gasteiger partial charge < -0.3 is 5.48 Å². The first-order valence-electron chi connectivity index (χ1n) is 0.548. The van der Waals surface area contributed by atoms with Crippen LogP contribution in [-0.4, -0.2) is 21.2 Å². The van der Waals surface area contributed by atoms with Gasteiger partial charge in [0.25, 0.3) is 0 Å². The quantitative estimate of drug-likeness (QED) is 0.371. The molecule has 0 aromatic heterocycles. The summed E-state index contributed by atoms with van der Waals surface area (Å²) < 4.78 is 25.7. The molecule has 0 aliphatic rings. The second-order valence-electron chi connectivity index (χ2n) is 0.224. The van der Waals surface area contributed by atoms with Crippen LogP contribution in [0.2, 0.25) is 0 Å². The molecule has 0 aliphatic carbocycles. The van der Waals surface area contributed by atoms with Gasteiger partial charge in [0.15, 0.2) is 0 Å². The standard InChI is InChI=1S/AsO3.3Na.H2O/c2-1(3)4;;;;/h;;;;1H2/q-3;3*+1;. The van der Waals surface area contributed by atoms with E-state index in [9.17, 15) is 0 Å². The van der Waals surface area contributed by atoms with Crippen molar-refractivity contribution in [3.63, 3.8) is 0 Å². The molecule has 4 nitrogen and oxygen atoms in total. The summed E-state index contributed by atoms with van der Waals surface area (Å²) in [6, 6.07) is 0. The molecule has 0 amide bonds. The molecule has 2 N–H and O–H groups in total. The summed E-state index contributed by atoms with van der Waals surface area (Å²) in [4.78, 5) is 0. The van der Waals surface area contributed by atoms with Crippen molar-refractivity contribution in [2.75, 3.05) is 0 Å². The molecule has 0 saturated carbocycles. The van der Waals surface area contributed by atoms with Gasteiger partial charge in [0.2, 0.25) is 0 Å². The third-order valence-corrected chi connectivity index (χ3v) is 0. The monoisotopic (exact) mass is 210 g/mol. The molecule has 0 aliphatic heterocycles. The zero-order valence-electron chi connectivity index (χ0n) is 5.17. The Kier molecular flexibility index (Phi) is 84.4. The van der Waals surface area contributed by atoms with Gasteiger partial charge in [-0.1, -0.05) is 0 Å². The SMILES string of the molecule is O.[Na+].[Na+].[Na+].[O-][As]([O-])[O-]. The van der Waals surface area contributed by atoms with E-state index in [4.69, 9.17) is 12.3 Å². The molecule has 34 valence electrons. The average molecular weight is 210 g/mol. The van der Waals surface area contributed by atoms with Gasteiger partial charge in [0, 0.05) is 0 Å². The van der Waals surface area contributed by atoms with Crippen LogP contribution in [0, 0.1) is 0 Å². The van der Waals surface area contributed by atoms with Crippen LogP contribution in [0.1, 0.15) is 0 Å². The molecule has 0 bridgehead atoms. The molecule has 8 heteroatoms. The van der Waals surface area contributed by atoms with Crippen molar-refractivity contribution in [2.24, 2.45) is 0 Å².